The van der Waals surface area contributed by atoms with Gasteiger partial charge in [-0.15, -0.1) is 11.8 Å². The van der Waals surface area contributed by atoms with Gasteiger partial charge in [0.25, 0.3) is 0 Å². The minimum absolute atomic E-state index is 0.172. The van der Waals surface area contributed by atoms with Gasteiger partial charge in [0, 0.05) is 22.8 Å². The number of hydrogen-bond donors (Lipinski definition) is 0. The van der Waals surface area contributed by atoms with Crippen LogP contribution in [0.5, 0.6) is 0 Å². The smallest absolute Gasteiger partial charge is 0.176 e. The fourth-order valence-electron chi connectivity index (χ4n) is 1.95. The van der Waals surface area contributed by atoms with E-state index in [1.807, 2.05) is 35.7 Å². The molecular weight excluding hydrogens is 248 g/mol. The fourth-order valence-corrected chi connectivity index (χ4v) is 4.58. The first-order valence-electron chi connectivity index (χ1n) is 6.13. The maximum Gasteiger partial charge on any atom is 0.176 e. The van der Waals surface area contributed by atoms with Crippen LogP contribution in [0.4, 0.5) is 0 Å². The summed E-state index contributed by atoms with van der Waals surface area (Å²) in [6.45, 7) is 2.18. The van der Waals surface area contributed by atoms with Crippen LogP contribution in [0.15, 0.2) is 24.3 Å². The number of ketones is 1. The van der Waals surface area contributed by atoms with Crippen molar-refractivity contribution in [3.8, 4) is 0 Å². The highest BCUT2D eigenvalue weighted by molar-refractivity contribution is 8.07. The van der Waals surface area contributed by atoms with Crippen molar-refractivity contribution in [3.63, 3.8) is 0 Å². The van der Waals surface area contributed by atoms with Gasteiger partial charge in [-0.3, -0.25) is 4.79 Å². The Labute approximate surface area is 112 Å². The second kappa shape index (κ2) is 6.50. The number of thioether (sulfide) groups is 2. The average molecular weight is 266 g/mol. The zero-order valence-corrected chi connectivity index (χ0v) is 11.8. The van der Waals surface area contributed by atoms with Gasteiger partial charge in [-0.2, -0.15) is 11.8 Å². The maximum atomic E-state index is 12.2. The molecule has 1 atom stereocenters. The third kappa shape index (κ3) is 3.52. The van der Waals surface area contributed by atoms with Gasteiger partial charge in [0.2, 0.25) is 0 Å². The average Bonchev–Trinajstić information content (AvgIpc) is 2.40. The van der Waals surface area contributed by atoms with Crippen LogP contribution in [-0.4, -0.2) is 28.3 Å². The molecule has 2 rings (SSSR count). The summed E-state index contributed by atoms with van der Waals surface area (Å²) in [5, 5.41) is 0.172. The van der Waals surface area contributed by atoms with Crippen molar-refractivity contribution >= 4 is 29.3 Å². The third-order valence-corrected chi connectivity index (χ3v) is 5.64. The summed E-state index contributed by atoms with van der Waals surface area (Å²) in [7, 11) is 0. The van der Waals surface area contributed by atoms with Gasteiger partial charge in [-0.05, 0) is 12.0 Å². The topological polar surface area (TPSA) is 17.1 Å². The monoisotopic (exact) mass is 266 g/mol. The quantitative estimate of drug-likeness (QED) is 0.774. The molecule has 3 heteroatoms. The Hall–Kier alpha value is -0.410. The Morgan fingerprint density at radius 1 is 1.29 bits per heavy atom. The van der Waals surface area contributed by atoms with E-state index in [1.54, 1.807) is 0 Å². The molecule has 1 aliphatic heterocycles. The Bertz CT molecular complexity index is 366. The van der Waals surface area contributed by atoms with Gasteiger partial charge in [0.05, 0.1) is 5.25 Å². The molecule has 1 nitrogen and oxygen atoms in total. The Morgan fingerprint density at radius 3 is 2.65 bits per heavy atom. The van der Waals surface area contributed by atoms with Gasteiger partial charge < -0.3 is 0 Å². The second-order valence-corrected chi connectivity index (χ2v) is 6.71. The van der Waals surface area contributed by atoms with Crippen LogP contribution in [0.25, 0.3) is 0 Å². The standard InChI is InChI=1S/C14H18OS2/c1-2-3-11-4-6-12(7-5-11)14(15)13-10-16-8-9-17-13/h4-7,13H,2-3,8-10H2,1H3. The van der Waals surface area contributed by atoms with Crippen molar-refractivity contribution < 1.29 is 4.79 Å². The van der Waals surface area contributed by atoms with Crippen LogP contribution in [0, 0.1) is 0 Å². The lowest BCUT2D eigenvalue weighted by atomic mass is 10.0. The van der Waals surface area contributed by atoms with Gasteiger partial charge in [-0.1, -0.05) is 37.6 Å². The van der Waals surface area contributed by atoms with Crippen LogP contribution in [0.1, 0.15) is 29.3 Å². The van der Waals surface area contributed by atoms with E-state index in [1.165, 1.54) is 11.3 Å². The van der Waals surface area contributed by atoms with E-state index in [9.17, 15) is 4.79 Å². The zero-order chi connectivity index (χ0) is 12.1. The molecule has 0 radical (unpaired) electrons. The molecule has 0 spiro atoms. The molecule has 17 heavy (non-hydrogen) atoms. The van der Waals surface area contributed by atoms with E-state index in [-0.39, 0.29) is 5.25 Å². The number of aryl methyl sites for hydroxylation is 1. The van der Waals surface area contributed by atoms with Crippen molar-refractivity contribution in [1.29, 1.82) is 0 Å². The largest absolute Gasteiger partial charge is 0.293 e. The molecule has 1 aliphatic rings. The normalized spacial score (nSPS) is 20.2. The maximum absolute atomic E-state index is 12.2. The lowest BCUT2D eigenvalue weighted by Gasteiger charge is -2.19. The Morgan fingerprint density at radius 2 is 2.06 bits per heavy atom. The molecule has 92 valence electrons. The van der Waals surface area contributed by atoms with Crippen molar-refractivity contribution in [2.75, 3.05) is 17.3 Å². The van der Waals surface area contributed by atoms with E-state index in [2.05, 4.69) is 19.1 Å². The Balaban J connectivity index is 2.03. The number of hydrogen-bond acceptors (Lipinski definition) is 3. The number of carbonyl (C=O) groups excluding carboxylic acids is 1. The van der Waals surface area contributed by atoms with Gasteiger partial charge in [0.1, 0.15) is 0 Å². The molecule has 0 bridgehead atoms. The first-order chi connectivity index (χ1) is 8.31. The minimum atomic E-state index is 0.172. The van der Waals surface area contributed by atoms with Gasteiger partial charge in [-0.25, -0.2) is 0 Å². The van der Waals surface area contributed by atoms with Crippen LogP contribution < -0.4 is 0 Å². The zero-order valence-electron chi connectivity index (χ0n) is 10.1. The molecule has 0 aromatic heterocycles. The molecule has 0 amide bonds. The van der Waals surface area contributed by atoms with Crippen LogP contribution in [-0.2, 0) is 6.42 Å². The molecule has 0 aliphatic carbocycles. The highest BCUT2D eigenvalue weighted by atomic mass is 32.2. The SMILES string of the molecule is CCCc1ccc(C(=O)C2CSCCS2)cc1. The molecule has 0 saturated carbocycles. The fraction of sp³-hybridized carbons (Fsp3) is 0.500. The summed E-state index contributed by atoms with van der Waals surface area (Å²) in [4.78, 5) is 12.2. The third-order valence-electron chi connectivity index (χ3n) is 2.89. The lowest BCUT2D eigenvalue weighted by Crippen LogP contribution is -2.24. The summed E-state index contributed by atoms with van der Waals surface area (Å²) in [6, 6.07) is 8.18. The molecule has 1 saturated heterocycles. The molecule has 0 N–H and O–H groups in total. The van der Waals surface area contributed by atoms with Gasteiger partial charge in [0.15, 0.2) is 5.78 Å². The van der Waals surface area contributed by atoms with E-state index in [0.29, 0.717) is 5.78 Å². The lowest BCUT2D eigenvalue weighted by molar-refractivity contribution is 0.0995. The van der Waals surface area contributed by atoms with E-state index in [4.69, 9.17) is 0 Å². The van der Waals surface area contributed by atoms with Crippen LogP contribution in [0.3, 0.4) is 0 Å². The summed E-state index contributed by atoms with van der Waals surface area (Å²) in [5.74, 6) is 3.57. The van der Waals surface area contributed by atoms with Crippen molar-refractivity contribution in [1.82, 2.24) is 0 Å². The van der Waals surface area contributed by atoms with Crippen LogP contribution in [0.2, 0.25) is 0 Å². The van der Waals surface area contributed by atoms with E-state index < -0.39 is 0 Å². The number of rotatable bonds is 4. The minimum Gasteiger partial charge on any atom is -0.293 e. The van der Waals surface area contributed by atoms with E-state index in [0.717, 1.165) is 29.9 Å². The molecular formula is C14H18OS2. The summed E-state index contributed by atoms with van der Waals surface area (Å²) < 4.78 is 0. The molecule has 1 aromatic rings. The van der Waals surface area contributed by atoms with Gasteiger partial charge >= 0.3 is 0 Å². The van der Waals surface area contributed by atoms with Crippen molar-refractivity contribution in [3.05, 3.63) is 35.4 Å². The summed E-state index contributed by atoms with van der Waals surface area (Å²) in [6.07, 6.45) is 2.25. The highest BCUT2D eigenvalue weighted by Crippen LogP contribution is 2.26. The molecule has 1 heterocycles. The number of benzene rings is 1. The van der Waals surface area contributed by atoms with E-state index >= 15 is 0 Å². The number of carbonyl (C=O) groups is 1. The Kier molecular flexibility index (Phi) is 4.99. The first-order valence-corrected chi connectivity index (χ1v) is 8.34. The number of Topliss-reactive ketones (excluding diaryl/α,β-unsaturated/α-hetero) is 1. The summed E-state index contributed by atoms with van der Waals surface area (Å²) >= 11 is 3.71. The first kappa shape index (κ1) is 13.0. The molecule has 1 fully saturated rings. The second-order valence-electron chi connectivity index (χ2n) is 4.25. The highest BCUT2D eigenvalue weighted by Gasteiger charge is 2.23. The predicted octanol–water partition coefficient (Wildman–Crippen LogP) is 3.67. The molecule has 1 unspecified atom stereocenters. The van der Waals surface area contributed by atoms with Crippen LogP contribution >= 0.6 is 23.5 Å². The predicted molar refractivity (Wildman–Crippen MR) is 78.3 cm³/mol. The van der Waals surface area contributed by atoms with Crippen molar-refractivity contribution in [2.24, 2.45) is 0 Å². The molecule has 1 aromatic carbocycles. The van der Waals surface area contributed by atoms with Crippen molar-refractivity contribution in [2.45, 2.75) is 25.0 Å². The summed E-state index contributed by atoms with van der Waals surface area (Å²) in [5.41, 5.74) is 2.21.